The van der Waals surface area contributed by atoms with Crippen LogP contribution in [0, 0.1) is 0 Å². The Morgan fingerprint density at radius 3 is 2.21 bits per heavy atom. The van der Waals surface area contributed by atoms with E-state index in [4.69, 9.17) is 11.6 Å². The highest BCUT2D eigenvalue weighted by Crippen LogP contribution is 2.34. The molecule has 7 heteroatoms. The van der Waals surface area contributed by atoms with Gasteiger partial charge in [-0.25, -0.2) is 4.79 Å². The van der Waals surface area contributed by atoms with E-state index in [0.717, 1.165) is 10.1 Å². The molecule has 0 aliphatic carbocycles. The topological polar surface area (TPSA) is 67.5 Å². The molecule has 1 N–H and O–H groups in total. The third-order valence-corrected chi connectivity index (χ3v) is 5.05. The van der Waals surface area contributed by atoms with Crippen LogP contribution in [0.2, 0.25) is 5.02 Å². The Bertz CT molecular complexity index is 862. The summed E-state index contributed by atoms with van der Waals surface area (Å²) in [5.41, 5.74) is -0.758. The van der Waals surface area contributed by atoms with E-state index in [0.29, 0.717) is 36.8 Å². The fourth-order valence-corrected chi connectivity index (χ4v) is 3.31. The molecule has 1 aromatic heterocycles. The van der Waals surface area contributed by atoms with Gasteiger partial charge >= 0.3 is 5.69 Å². The number of aliphatic hydroxyl groups is 1. The van der Waals surface area contributed by atoms with Crippen LogP contribution in [0.3, 0.4) is 0 Å². The molecular formula is C17H20ClN3O3. The summed E-state index contributed by atoms with van der Waals surface area (Å²) < 4.78 is 2.55. The van der Waals surface area contributed by atoms with Crippen LogP contribution >= 0.6 is 11.6 Å². The highest BCUT2D eigenvalue weighted by atomic mass is 35.5. The minimum atomic E-state index is -0.917. The maximum atomic E-state index is 12.1. The van der Waals surface area contributed by atoms with Crippen molar-refractivity contribution in [1.29, 1.82) is 0 Å². The monoisotopic (exact) mass is 349 g/mol. The number of rotatable bonds is 2. The van der Waals surface area contributed by atoms with Gasteiger partial charge in [-0.2, -0.15) is 0 Å². The number of nitrogens with zero attached hydrogens (tertiary/aromatic N) is 3. The lowest BCUT2D eigenvalue weighted by Crippen LogP contribution is -2.46. The van der Waals surface area contributed by atoms with Crippen LogP contribution in [-0.2, 0) is 19.7 Å². The summed E-state index contributed by atoms with van der Waals surface area (Å²) in [6, 6.07) is 8.68. The van der Waals surface area contributed by atoms with Gasteiger partial charge in [-0.3, -0.25) is 13.9 Å². The quantitative estimate of drug-likeness (QED) is 0.885. The van der Waals surface area contributed by atoms with Gasteiger partial charge in [0.25, 0.3) is 5.56 Å². The van der Waals surface area contributed by atoms with Gasteiger partial charge in [0.05, 0.1) is 5.60 Å². The molecule has 0 unspecified atom stereocenters. The molecule has 0 amide bonds. The van der Waals surface area contributed by atoms with Gasteiger partial charge in [-0.1, -0.05) is 23.7 Å². The summed E-state index contributed by atoms with van der Waals surface area (Å²) >= 11 is 5.91. The molecule has 0 atom stereocenters. The number of hydrogen-bond donors (Lipinski definition) is 1. The SMILES string of the molecule is Cn1c(N2CCC(O)(c3ccc(Cl)cc3)CC2)cc(=O)n(C)c1=O. The zero-order chi connectivity index (χ0) is 17.5. The fraction of sp³-hybridized carbons (Fsp3) is 0.412. The second-order valence-electron chi connectivity index (χ2n) is 6.27. The van der Waals surface area contributed by atoms with Gasteiger partial charge in [0.1, 0.15) is 5.82 Å². The highest BCUT2D eigenvalue weighted by Gasteiger charge is 2.34. The van der Waals surface area contributed by atoms with Crippen LogP contribution in [0.4, 0.5) is 5.82 Å². The first-order valence-electron chi connectivity index (χ1n) is 7.82. The number of halogens is 1. The lowest BCUT2D eigenvalue weighted by atomic mass is 9.84. The molecule has 24 heavy (non-hydrogen) atoms. The molecule has 128 valence electrons. The number of hydrogen-bond acceptors (Lipinski definition) is 4. The average Bonchev–Trinajstić information content (AvgIpc) is 2.58. The first kappa shape index (κ1) is 16.8. The van der Waals surface area contributed by atoms with Gasteiger partial charge in [0.2, 0.25) is 0 Å². The second-order valence-corrected chi connectivity index (χ2v) is 6.70. The van der Waals surface area contributed by atoms with E-state index in [1.54, 1.807) is 19.2 Å². The van der Waals surface area contributed by atoms with Crippen molar-refractivity contribution in [3.05, 3.63) is 61.8 Å². The van der Waals surface area contributed by atoms with Crippen molar-refractivity contribution in [2.75, 3.05) is 18.0 Å². The Balaban J connectivity index is 1.84. The van der Waals surface area contributed by atoms with Gasteiger partial charge in [-0.15, -0.1) is 0 Å². The molecule has 0 radical (unpaired) electrons. The molecule has 0 saturated carbocycles. The van der Waals surface area contributed by atoms with Gasteiger partial charge in [0.15, 0.2) is 0 Å². The second kappa shape index (κ2) is 6.11. The predicted octanol–water partition coefficient (Wildman–Crippen LogP) is 1.23. The van der Waals surface area contributed by atoms with E-state index in [1.807, 2.05) is 17.0 Å². The molecule has 1 saturated heterocycles. The Hall–Kier alpha value is -2.05. The molecule has 2 heterocycles. The molecule has 2 aromatic rings. The van der Waals surface area contributed by atoms with Crippen molar-refractivity contribution in [3.63, 3.8) is 0 Å². The largest absolute Gasteiger partial charge is 0.385 e. The molecule has 0 bridgehead atoms. The van der Waals surface area contributed by atoms with E-state index in [-0.39, 0.29) is 11.2 Å². The minimum Gasteiger partial charge on any atom is -0.385 e. The molecule has 1 aliphatic rings. The van der Waals surface area contributed by atoms with E-state index in [1.165, 1.54) is 17.7 Å². The molecule has 1 aromatic carbocycles. The summed E-state index contributed by atoms with van der Waals surface area (Å²) in [6.45, 7) is 1.11. The van der Waals surface area contributed by atoms with E-state index < -0.39 is 5.60 Å². The fourth-order valence-electron chi connectivity index (χ4n) is 3.18. The van der Waals surface area contributed by atoms with E-state index in [9.17, 15) is 14.7 Å². The van der Waals surface area contributed by atoms with E-state index in [2.05, 4.69) is 0 Å². The number of anilines is 1. The van der Waals surface area contributed by atoms with Crippen molar-refractivity contribution < 1.29 is 5.11 Å². The third-order valence-electron chi connectivity index (χ3n) is 4.80. The molecular weight excluding hydrogens is 330 g/mol. The highest BCUT2D eigenvalue weighted by molar-refractivity contribution is 6.30. The number of piperidine rings is 1. The smallest absolute Gasteiger partial charge is 0.332 e. The minimum absolute atomic E-state index is 0.327. The van der Waals surface area contributed by atoms with Crippen LogP contribution in [0.25, 0.3) is 0 Å². The Morgan fingerprint density at radius 2 is 1.62 bits per heavy atom. The van der Waals surface area contributed by atoms with Gasteiger partial charge in [0, 0.05) is 38.3 Å². The van der Waals surface area contributed by atoms with Crippen molar-refractivity contribution in [2.24, 2.45) is 14.1 Å². The lowest BCUT2D eigenvalue weighted by molar-refractivity contribution is 0.0115. The Kier molecular flexibility index (Phi) is 4.27. The first-order valence-corrected chi connectivity index (χ1v) is 8.20. The van der Waals surface area contributed by atoms with Crippen LogP contribution in [0.15, 0.2) is 39.9 Å². The standard InChI is InChI=1S/C17H20ClN3O3/c1-19-14(11-15(22)20(2)16(19)23)21-9-7-17(24,8-10-21)12-3-5-13(18)6-4-12/h3-6,11,24H,7-10H2,1-2H3. The molecule has 6 nitrogen and oxygen atoms in total. The molecule has 0 spiro atoms. The normalized spacial score (nSPS) is 17.1. The first-order chi connectivity index (χ1) is 11.3. The number of aromatic nitrogens is 2. The zero-order valence-electron chi connectivity index (χ0n) is 13.7. The zero-order valence-corrected chi connectivity index (χ0v) is 14.5. The van der Waals surface area contributed by atoms with Gasteiger partial charge < -0.3 is 10.0 Å². The van der Waals surface area contributed by atoms with Crippen molar-refractivity contribution >= 4 is 17.4 Å². The van der Waals surface area contributed by atoms with Gasteiger partial charge in [-0.05, 0) is 30.5 Å². The van der Waals surface area contributed by atoms with Crippen LogP contribution in [0.5, 0.6) is 0 Å². The average molecular weight is 350 g/mol. The maximum Gasteiger partial charge on any atom is 0.332 e. The Morgan fingerprint density at radius 1 is 1.04 bits per heavy atom. The van der Waals surface area contributed by atoms with Crippen molar-refractivity contribution in [1.82, 2.24) is 9.13 Å². The molecule has 3 rings (SSSR count). The summed E-state index contributed by atoms with van der Waals surface area (Å²) in [5.74, 6) is 0.584. The molecule has 1 fully saturated rings. The lowest BCUT2D eigenvalue weighted by Gasteiger charge is -2.39. The van der Waals surface area contributed by atoms with Crippen LogP contribution in [0.1, 0.15) is 18.4 Å². The maximum absolute atomic E-state index is 12.1. The Labute approximate surface area is 144 Å². The van der Waals surface area contributed by atoms with Crippen molar-refractivity contribution in [3.8, 4) is 0 Å². The number of benzene rings is 1. The summed E-state index contributed by atoms with van der Waals surface area (Å²) in [5, 5.41) is 11.6. The third kappa shape index (κ3) is 2.87. The summed E-state index contributed by atoms with van der Waals surface area (Å²) in [6.07, 6.45) is 1.02. The summed E-state index contributed by atoms with van der Waals surface area (Å²) in [7, 11) is 3.11. The van der Waals surface area contributed by atoms with E-state index >= 15 is 0 Å². The van der Waals surface area contributed by atoms with Crippen molar-refractivity contribution in [2.45, 2.75) is 18.4 Å². The van der Waals surface area contributed by atoms with Crippen LogP contribution in [-0.4, -0.2) is 27.3 Å². The summed E-state index contributed by atoms with van der Waals surface area (Å²) in [4.78, 5) is 25.9. The van der Waals surface area contributed by atoms with Crippen LogP contribution < -0.4 is 16.1 Å². The molecule has 1 aliphatic heterocycles. The predicted molar refractivity (Wildman–Crippen MR) is 93.7 cm³/mol.